The minimum Gasteiger partial charge on any atom is -0.482 e. The Kier molecular flexibility index (Phi) is 5.68. The zero-order valence-electron chi connectivity index (χ0n) is 12.4. The lowest BCUT2D eigenvalue weighted by molar-refractivity contribution is 0.269. The summed E-state index contributed by atoms with van der Waals surface area (Å²) in [6, 6.07) is 4.88. The number of hydrogen-bond acceptors (Lipinski definition) is 5. The molecule has 2 rings (SSSR count). The van der Waals surface area contributed by atoms with Crippen LogP contribution in [0.2, 0.25) is 0 Å². The van der Waals surface area contributed by atoms with E-state index in [9.17, 15) is 4.39 Å². The number of hydrogen-bond donors (Lipinski definition) is 1. The number of nitrogens with zero attached hydrogens (tertiary/aromatic N) is 2. The second-order valence-electron chi connectivity index (χ2n) is 4.65. The predicted octanol–water partition coefficient (Wildman–Crippen LogP) is 2.85. The van der Waals surface area contributed by atoms with Crippen LogP contribution < -0.4 is 10.1 Å². The maximum Gasteiger partial charge on any atom is 0.226 e. The van der Waals surface area contributed by atoms with Gasteiger partial charge in [0.05, 0.1) is 0 Å². The van der Waals surface area contributed by atoms with Crippen molar-refractivity contribution >= 4 is 0 Å². The predicted molar refractivity (Wildman–Crippen MR) is 76.4 cm³/mol. The summed E-state index contributed by atoms with van der Waals surface area (Å²) in [4.78, 5) is 4.20. The van der Waals surface area contributed by atoms with Gasteiger partial charge in [-0.25, -0.2) is 4.39 Å². The maximum absolute atomic E-state index is 13.9. The quantitative estimate of drug-likeness (QED) is 0.811. The molecule has 0 saturated heterocycles. The fourth-order valence-electron chi connectivity index (χ4n) is 1.91. The van der Waals surface area contributed by atoms with Gasteiger partial charge < -0.3 is 14.6 Å². The van der Waals surface area contributed by atoms with Crippen LogP contribution in [0.4, 0.5) is 4.39 Å². The molecule has 0 radical (unpaired) electrons. The van der Waals surface area contributed by atoms with Crippen molar-refractivity contribution in [1.82, 2.24) is 15.5 Å². The number of ether oxygens (including phenoxy) is 1. The number of halogens is 1. The van der Waals surface area contributed by atoms with Crippen molar-refractivity contribution in [3.8, 4) is 5.75 Å². The van der Waals surface area contributed by atoms with E-state index >= 15 is 0 Å². The monoisotopic (exact) mass is 293 g/mol. The zero-order chi connectivity index (χ0) is 15.1. The van der Waals surface area contributed by atoms with Crippen LogP contribution in [-0.4, -0.2) is 16.7 Å². The number of aromatic nitrogens is 2. The van der Waals surface area contributed by atoms with Crippen molar-refractivity contribution in [3.63, 3.8) is 0 Å². The summed E-state index contributed by atoms with van der Waals surface area (Å²) in [6.07, 6.45) is 1.67. The molecule has 1 N–H and O–H groups in total. The molecule has 0 unspecified atom stereocenters. The lowest BCUT2D eigenvalue weighted by Gasteiger charge is -2.11. The second-order valence-corrected chi connectivity index (χ2v) is 4.65. The van der Waals surface area contributed by atoms with E-state index in [1.54, 1.807) is 6.07 Å². The number of nitrogens with one attached hydrogen (secondary N) is 1. The van der Waals surface area contributed by atoms with Gasteiger partial charge in [-0.15, -0.1) is 0 Å². The van der Waals surface area contributed by atoms with E-state index < -0.39 is 0 Å². The third-order valence-electron chi connectivity index (χ3n) is 2.93. The lowest BCUT2D eigenvalue weighted by atomic mass is 10.2. The molecule has 0 saturated carbocycles. The molecule has 0 amide bonds. The molecule has 2 aromatic rings. The molecule has 1 aromatic carbocycles. The molecule has 1 heterocycles. The third kappa shape index (κ3) is 4.26. The highest BCUT2D eigenvalue weighted by atomic mass is 19.1. The fraction of sp³-hybridized carbons (Fsp3) is 0.467. The lowest BCUT2D eigenvalue weighted by Crippen LogP contribution is -2.13. The van der Waals surface area contributed by atoms with E-state index in [2.05, 4.69) is 15.5 Å². The summed E-state index contributed by atoms with van der Waals surface area (Å²) in [7, 11) is 0. The molecule has 0 bridgehead atoms. The van der Waals surface area contributed by atoms with Crippen LogP contribution in [0.15, 0.2) is 22.7 Å². The van der Waals surface area contributed by atoms with E-state index in [1.165, 1.54) is 6.07 Å². The Morgan fingerprint density at radius 1 is 1.33 bits per heavy atom. The number of para-hydroxylation sites is 1. The van der Waals surface area contributed by atoms with Gasteiger partial charge in [0.15, 0.2) is 18.2 Å². The summed E-state index contributed by atoms with van der Waals surface area (Å²) < 4.78 is 24.5. The Morgan fingerprint density at radius 3 is 2.95 bits per heavy atom. The zero-order valence-corrected chi connectivity index (χ0v) is 12.4. The molecule has 6 heteroatoms. The van der Waals surface area contributed by atoms with Crippen molar-refractivity contribution in [1.29, 1.82) is 0 Å². The molecule has 0 atom stereocenters. The highest BCUT2D eigenvalue weighted by Gasteiger charge is 2.12. The van der Waals surface area contributed by atoms with Gasteiger partial charge in [0.1, 0.15) is 0 Å². The van der Waals surface area contributed by atoms with Crippen LogP contribution in [-0.2, 0) is 19.6 Å². The van der Waals surface area contributed by atoms with Gasteiger partial charge in [-0.1, -0.05) is 31.1 Å². The number of rotatable bonds is 8. The fourth-order valence-corrected chi connectivity index (χ4v) is 1.91. The van der Waals surface area contributed by atoms with Gasteiger partial charge in [-0.3, -0.25) is 0 Å². The largest absolute Gasteiger partial charge is 0.482 e. The molecule has 5 nitrogen and oxygen atoms in total. The van der Waals surface area contributed by atoms with Crippen molar-refractivity contribution in [2.75, 3.05) is 6.54 Å². The van der Waals surface area contributed by atoms with Crippen LogP contribution in [0.25, 0.3) is 0 Å². The van der Waals surface area contributed by atoms with E-state index in [-0.39, 0.29) is 18.2 Å². The van der Waals surface area contributed by atoms with Crippen molar-refractivity contribution in [2.24, 2.45) is 0 Å². The first-order chi connectivity index (χ1) is 10.2. The van der Waals surface area contributed by atoms with Gasteiger partial charge in [0, 0.05) is 18.5 Å². The average molecular weight is 293 g/mol. The molecule has 1 aromatic heterocycles. The Morgan fingerprint density at radius 2 is 2.19 bits per heavy atom. The first-order valence-corrected chi connectivity index (χ1v) is 7.17. The van der Waals surface area contributed by atoms with E-state index in [4.69, 9.17) is 9.26 Å². The topological polar surface area (TPSA) is 60.2 Å². The summed E-state index contributed by atoms with van der Waals surface area (Å²) >= 11 is 0. The van der Waals surface area contributed by atoms with Crippen LogP contribution in [0, 0.1) is 5.82 Å². The van der Waals surface area contributed by atoms with Crippen LogP contribution >= 0.6 is 0 Å². The van der Waals surface area contributed by atoms with Gasteiger partial charge in [0.2, 0.25) is 11.7 Å². The Hall–Kier alpha value is -1.95. The van der Waals surface area contributed by atoms with Crippen molar-refractivity contribution in [3.05, 3.63) is 41.3 Å². The van der Waals surface area contributed by atoms with Gasteiger partial charge >= 0.3 is 0 Å². The molecule has 0 aliphatic carbocycles. The second kappa shape index (κ2) is 7.73. The smallest absolute Gasteiger partial charge is 0.226 e. The molecule has 114 valence electrons. The Labute approximate surface area is 123 Å². The SMILES string of the molecule is CCCc1nc(COc2c(F)cccc2CNCC)no1. The minimum atomic E-state index is -0.386. The minimum absolute atomic E-state index is 0.0905. The summed E-state index contributed by atoms with van der Waals surface area (Å²) in [5.74, 6) is 0.858. The first kappa shape index (κ1) is 15.4. The van der Waals surface area contributed by atoms with Gasteiger partial charge in [0.25, 0.3) is 0 Å². The van der Waals surface area contributed by atoms with E-state index in [0.717, 1.165) is 24.9 Å². The molecule has 0 fully saturated rings. The molecule has 0 spiro atoms. The van der Waals surface area contributed by atoms with Gasteiger partial charge in [-0.2, -0.15) is 4.98 Å². The molecule has 0 aliphatic rings. The summed E-state index contributed by atoms with van der Waals surface area (Å²) in [5, 5.41) is 6.98. The van der Waals surface area contributed by atoms with E-state index in [0.29, 0.717) is 18.3 Å². The van der Waals surface area contributed by atoms with E-state index in [1.807, 2.05) is 19.9 Å². The molecule has 0 aliphatic heterocycles. The highest BCUT2D eigenvalue weighted by molar-refractivity contribution is 5.34. The number of benzene rings is 1. The third-order valence-corrected chi connectivity index (χ3v) is 2.93. The highest BCUT2D eigenvalue weighted by Crippen LogP contribution is 2.23. The van der Waals surface area contributed by atoms with Crippen molar-refractivity contribution < 1.29 is 13.7 Å². The summed E-state index contributed by atoms with van der Waals surface area (Å²) in [5.41, 5.74) is 0.772. The Balaban J connectivity index is 2.04. The van der Waals surface area contributed by atoms with Crippen LogP contribution in [0.1, 0.15) is 37.5 Å². The standard InChI is InChI=1S/C15H20FN3O2/c1-3-6-14-18-13(19-21-14)10-20-15-11(9-17-4-2)7-5-8-12(15)16/h5,7-8,17H,3-4,6,9-10H2,1-2H3. The molecular formula is C15H20FN3O2. The van der Waals surface area contributed by atoms with Crippen LogP contribution in [0.5, 0.6) is 5.75 Å². The van der Waals surface area contributed by atoms with Gasteiger partial charge in [-0.05, 0) is 19.0 Å². The maximum atomic E-state index is 13.9. The summed E-state index contributed by atoms with van der Waals surface area (Å²) in [6.45, 7) is 5.48. The molecular weight excluding hydrogens is 273 g/mol. The molecule has 21 heavy (non-hydrogen) atoms. The normalized spacial score (nSPS) is 10.8. The number of aryl methyl sites for hydroxylation is 1. The van der Waals surface area contributed by atoms with Crippen LogP contribution in [0.3, 0.4) is 0 Å². The average Bonchev–Trinajstić information content (AvgIpc) is 2.92. The van der Waals surface area contributed by atoms with Crippen molar-refractivity contribution in [2.45, 2.75) is 39.8 Å². The first-order valence-electron chi connectivity index (χ1n) is 7.17. The Bertz CT molecular complexity index is 572.